The number of hydrogen-bond acceptors (Lipinski definition) is 5. The van der Waals surface area contributed by atoms with Gasteiger partial charge in [-0.3, -0.25) is 14.5 Å². The van der Waals surface area contributed by atoms with Gasteiger partial charge in [-0.25, -0.2) is 0 Å². The highest BCUT2D eigenvalue weighted by molar-refractivity contribution is 8.26. The zero-order valence-electron chi connectivity index (χ0n) is 13.8. The molecule has 0 unspecified atom stereocenters. The second kappa shape index (κ2) is 8.58. The maximum atomic E-state index is 12.5. The molecule has 2 rings (SSSR count). The number of aliphatic carboxylic acids is 1. The summed E-state index contributed by atoms with van der Waals surface area (Å²) >= 11 is 14.1. The van der Waals surface area contributed by atoms with E-state index in [0.717, 1.165) is 4.90 Å². The molecule has 1 amide bonds. The highest BCUT2D eigenvalue weighted by Crippen LogP contribution is 2.39. The van der Waals surface area contributed by atoms with Gasteiger partial charge in [0.15, 0.2) is 0 Å². The van der Waals surface area contributed by atoms with Crippen LogP contribution in [0.25, 0.3) is 0 Å². The summed E-state index contributed by atoms with van der Waals surface area (Å²) in [7, 11) is 0. The minimum absolute atomic E-state index is 0.0218. The van der Waals surface area contributed by atoms with Gasteiger partial charge >= 0.3 is 5.97 Å². The zero-order chi connectivity index (χ0) is 18.6. The smallest absolute Gasteiger partial charge is 0.303 e. The molecule has 0 radical (unpaired) electrons. The Morgan fingerprint density at radius 1 is 1.40 bits per heavy atom. The number of carboxylic acids is 1. The van der Waals surface area contributed by atoms with E-state index in [0.29, 0.717) is 27.2 Å². The van der Waals surface area contributed by atoms with Crippen LogP contribution in [0.15, 0.2) is 40.1 Å². The van der Waals surface area contributed by atoms with Crippen LogP contribution in [0.1, 0.15) is 26.7 Å². The Morgan fingerprint density at radius 3 is 2.64 bits per heavy atom. The van der Waals surface area contributed by atoms with Crippen molar-refractivity contribution in [2.24, 2.45) is 0 Å². The second-order valence-corrected chi connectivity index (χ2v) is 9.83. The second-order valence-electron chi connectivity index (χ2n) is 5.99. The van der Waals surface area contributed by atoms with Crippen LogP contribution < -0.4 is 0 Å². The van der Waals surface area contributed by atoms with Crippen LogP contribution >= 0.6 is 47.3 Å². The summed E-state index contributed by atoms with van der Waals surface area (Å²) in [5, 5.41) is 9.40. The Balaban J connectivity index is 2.06. The van der Waals surface area contributed by atoms with Crippen molar-refractivity contribution in [2.45, 2.75) is 36.3 Å². The summed E-state index contributed by atoms with van der Waals surface area (Å²) < 4.78 is 0.173. The summed E-state index contributed by atoms with van der Waals surface area (Å²) in [6.07, 6.45) is 2.33. The van der Waals surface area contributed by atoms with Crippen molar-refractivity contribution in [3.63, 3.8) is 0 Å². The van der Waals surface area contributed by atoms with Crippen molar-refractivity contribution in [1.29, 1.82) is 0 Å². The lowest BCUT2D eigenvalue weighted by molar-refractivity contribution is -0.137. The number of carboxylic acid groups (broad SMARTS) is 1. The summed E-state index contributed by atoms with van der Waals surface area (Å²) in [5.41, 5.74) is 0. The first-order valence-electron chi connectivity index (χ1n) is 7.61. The van der Waals surface area contributed by atoms with Gasteiger partial charge in [0.05, 0.1) is 4.91 Å². The van der Waals surface area contributed by atoms with Crippen LogP contribution in [-0.4, -0.2) is 37.5 Å². The van der Waals surface area contributed by atoms with Crippen molar-refractivity contribution >= 4 is 63.5 Å². The van der Waals surface area contributed by atoms with Crippen molar-refractivity contribution in [3.8, 4) is 0 Å². The van der Waals surface area contributed by atoms with Gasteiger partial charge in [0.2, 0.25) is 0 Å². The molecule has 0 atom stereocenters. The molecule has 0 spiro atoms. The Bertz CT molecular complexity index is 716. The number of thioether (sulfide) groups is 2. The molecule has 134 valence electrons. The van der Waals surface area contributed by atoms with Gasteiger partial charge in [-0.1, -0.05) is 35.6 Å². The molecule has 1 aromatic rings. The number of thiocarbonyl (C=S) groups is 1. The largest absolute Gasteiger partial charge is 0.481 e. The predicted octanol–water partition coefficient (Wildman–Crippen LogP) is 4.82. The third kappa shape index (κ3) is 6.02. The number of halogens is 1. The highest BCUT2D eigenvalue weighted by Gasteiger charge is 2.33. The molecule has 1 heterocycles. The van der Waals surface area contributed by atoms with Crippen LogP contribution in [-0.2, 0) is 9.59 Å². The van der Waals surface area contributed by atoms with E-state index in [2.05, 4.69) is 0 Å². The third-order valence-electron chi connectivity index (χ3n) is 3.32. The van der Waals surface area contributed by atoms with E-state index in [9.17, 15) is 9.59 Å². The molecule has 1 saturated heterocycles. The predicted molar refractivity (Wildman–Crippen MR) is 108 cm³/mol. The maximum absolute atomic E-state index is 12.5. The molecule has 0 bridgehead atoms. The molecule has 8 heteroatoms. The molecule has 1 aromatic carbocycles. The first-order chi connectivity index (χ1) is 11.7. The molecular formula is C17H18ClNO3S3. The molecule has 1 aliphatic heterocycles. The van der Waals surface area contributed by atoms with E-state index in [4.69, 9.17) is 28.9 Å². The van der Waals surface area contributed by atoms with Crippen LogP contribution in [0.2, 0.25) is 5.02 Å². The lowest BCUT2D eigenvalue weighted by atomic mass is 10.2. The zero-order valence-corrected chi connectivity index (χ0v) is 17.0. The van der Waals surface area contributed by atoms with E-state index < -0.39 is 5.97 Å². The van der Waals surface area contributed by atoms with Crippen molar-refractivity contribution in [3.05, 3.63) is 40.3 Å². The lowest BCUT2D eigenvalue weighted by Gasteiger charge is -2.20. The summed E-state index contributed by atoms with van der Waals surface area (Å²) in [6.45, 7) is 4.39. The van der Waals surface area contributed by atoms with E-state index in [1.54, 1.807) is 11.8 Å². The van der Waals surface area contributed by atoms with E-state index in [-0.39, 0.29) is 17.1 Å². The van der Waals surface area contributed by atoms with Crippen LogP contribution in [0.3, 0.4) is 0 Å². The Kier molecular flexibility index (Phi) is 6.96. The minimum Gasteiger partial charge on any atom is -0.481 e. The number of benzene rings is 1. The van der Waals surface area contributed by atoms with Gasteiger partial charge in [0.1, 0.15) is 4.32 Å². The van der Waals surface area contributed by atoms with Gasteiger partial charge in [-0.15, -0.1) is 11.8 Å². The first-order valence-corrected chi connectivity index (χ1v) is 10.0. The lowest BCUT2D eigenvalue weighted by Crippen LogP contribution is -2.29. The topological polar surface area (TPSA) is 57.6 Å². The molecule has 1 fully saturated rings. The first kappa shape index (κ1) is 20.3. The molecule has 0 saturated carbocycles. The van der Waals surface area contributed by atoms with Crippen molar-refractivity contribution in [2.75, 3.05) is 6.54 Å². The third-order valence-corrected chi connectivity index (χ3v) is 6.10. The van der Waals surface area contributed by atoms with E-state index in [1.807, 2.05) is 44.2 Å². The Labute approximate surface area is 166 Å². The maximum Gasteiger partial charge on any atom is 0.303 e. The van der Waals surface area contributed by atoms with Gasteiger partial charge in [0.25, 0.3) is 5.91 Å². The number of hydrogen-bond donors (Lipinski definition) is 1. The van der Waals surface area contributed by atoms with Crippen LogP contribution in [0, 0.1) is 0 Å². The fraction of sp³-hybridized carbons (Fsp3) is 0.353. The average molecular weight is 416 g/mol. The molecule has 25 heavy (non-hydrogen) atoms. The number of rotatable bonds is 7. The molecule has 0 aromatic heterocycles. The Hall–Kier alpha value is -1.02. The van der Waals surface area contributed by atoms with Crippen molar-refractivity contribution in [1.82, 2.24) is 4.90 Å². The fourth-order valence-electron chi connectivity index (χ4n) is 2.23. The Morgan fingerprint density at radius 2 is 2.04 bits per heavy atom. The van der Waals surface area contributed by atoms with E-state index >= 15 is 0 Å². The molecule has 1 N–H and O–H groups in total. The quantitative estimate of drug-likeness (QED) is 0.391. The average Bonchev–Trinajstić information content (AvgIpc) is 2.76. The van der Waals surface area contributed by atoms with Crippen molar-refractivity contribution < 1.29 is 14.7 Å². The van der Waals surface area contributed by atoms with Gasteiger partial charge in [0, 0.05) is 27.6 Å². The van der Waals surface area contributed by atoms with Gasteiger partial charge in [-0.2, -0.15) is 0 Å². The fourth-order valence-corrected chi connectivity index (χ4v) is 4.96. The minimum atomic E-state index is -0.874. The van der Waals surface area contributed by atoms with Crippen LogP contribution in [0.5, 0.6) is 0 Å². The highest BCUT2D eigenvalue weighted by atomic mass is 35.5. The summed E-state index contributed by atoms with van der Waals surface area (Å²) in [5.74, 6) is -1.02. The van der Waals surface area contributed by atoms with Crippen LogP contribution in [0.4, 0.5) is 0 Å². The summed E-state index contributed by atoms with van der Waals surface area (Å²) in [4.78, 5) is 26.3. The molecule has 4 nitrogen and oxygen atoms in total. The normalized spacial score (nSPS) is 16.8. The number of amides is 1. The van der Waals surface area contributed by atoms with Gasteiger partial charge in [-0.05, 0) is 50.6 Å². The number of carbonyl (C=O) groups excluding carboxylic acids is 1. The number of nitrogens with zero attached hydrogens (tertiary/aromatic N) is 1. The summed E-state index contributed by atoms with van der Waals surface area (Å²) in [6, 6.07) is 7.56. The molecule has 0 aliphatic carbocycles. The SMILES string of the molecule is CC(C)(C=C1SC(=S)N(CCCC(=O)O)C1=O)Sc1ccc(Cl)cc1. The van der Waals surface area contributed by atoms with Gasteiger partial charge < -0.3 is 5.11 Å². The standard InChI is InChI=1S/C17H18ClNO3S3/c1-17(2,25-12-7-5-11(18)6-8-12)10-13-15(22)19(16(23)24-13)9-3-4-14(20)21/h5-8,10H,3-4,9H2,1-2H3,(H,20,21). The monoisotopic (exact) mass is 415 g/mol. The molecular weight excluding hydrogens is 398 g/mol. The molecule has 1 aliphatic rings. The van der Waals surface area contributed by atoms with E-state index in [1.165, 1.54) is 16.7 Å². The number of carbonyl (C=O) groups is 2.